The van der Waals surface area contributed by atoms with Crippen LogP contribution in [0, 0.1) is 0 Å². The van der Waals surface area contributed by atoms with E-state index >= 15 is 0 Å². The highest BCUT2D eigenvalue weighted by Crippen LogP contribution is 2.24. The molecule has 0 amide bonds. The van der Waals surface area contributed by atoms with E-state index in [0.29, 0.717) is 17.5 Å². The molecule has 0 aromatic heterocycles. The van der Waals surface area contributed by atoms with Crippen molar-refractivity contribution >= 4 is 11.9 Å². The van der Waals surface area contributed by atoms with Gasteiger partial charge in [0, 0.05) is 11.1 Å². The monoisotopic (exact) mass is 316 g/mol. The summed E-state index contributed by atoms with van der Waals surface area (Å²) in [4.78, 5) is 21.6. The summed E-state index contributed by atoms with van der Waals surface area (Å²) in [6.07, 6.45) is -0.126. The minimum absolute atomic E-state index is 0.0755. The fraction of sp³-hybridized carbons (Fsp3) is 0.176. The van der Waals surface area contributed by atoms with Crippen molar-refractivity contribution in [2.45, 2.75) is 19.3 Å². The maximum atomic E-state index is 10.8. The van der Waals surface area contributed by atoms with Gasteiger partial charge in [-0.1, -0.05) is 24.3 Å². The third-order valence-corrected chi connectivity index (χ3v) is 3.38. The fourth-order valence-electron chi connectivity index (χ4n) is 2.34. The largest absolute Gasteiger partial charge is 0.508 e. The van der Waals surface area contributed by atoms with Crippen molar-refractivity contribution in [3.05, 3.63) is 58.7 Å². The molecule has 0 fully saturated rings. The SMILES string of the molecule is O=C(O)Cc1cc(Cc2ccc(O)c(CC(=O)O)c2)ccc1O. The van der Waals surface area contributed by atoms with Gasteiger partial charge in [0.2, 0.25) is 0 Å². The van der Waals surface area contributed by atoms with Gasteiger partial charge < -0.3 is 20.4 Å². The van der Waals surface area contributed by atoms with E-state index in [1.807, 2.05) is 0 Å². The van der Waals surface area contributed by atoms with Gasteiger partial charge in [0.25, 0.3) is 0 Å². The average molecular weight is 316 g/mol. The molecule has 23 heavy (non-hydrogen) atoms. The number of aliphatic carboxylic acids is 2. The number of benzene rings is 2. The van der Waals surface area contributed by atoms with E-state index in [0.717, 1.165) is 11.1 Å². The van der Waals surface area contributed by atoms with E-state index in [-0.39, 0.29) is 24.3 Å². The molecule has 0 unspecified atom stereocenters. The summed E-state index contributed by atoms with van der Waals surface area (Å²) in [7, 11) is 0. The Morgan fingerprint density at radius 1 is 0.739 bits per heavy atom. The lowest BCUT2D eigenvalue weighted by atomic mass is 9.98. The summed E-state index contributed by atoms with van der Waals surface area (Å²) in [5.41, 5.74) is 2.20. The molecule has 0 aliphatic carbocycles. The molecule has 0 aliphatic rings. The normalized spacial score (nSPS) is 10.4. The van der Waals surface area contributed by atoms with E-state index in [1.54, 1.807) is 24.3 Å². The van der Waals surface area contributed by atoms with Gasteiger partial charge in [-0.3, -0.25) is 9.59 Å². The van der Waals surface area contributed by atoms with Crippen LogP contribution >= 0.6 is 0 Å². The molecular formula is C17H16O6. The van der Waals surface area contributed by atoms with E-state index in [1.165, 1.54) is 12.1 Å². The molecule has 0 aliphatic heterocycles. The predicted octanol–water partition coefficient (Wildman–Crippen LogP) is 1.94. The van der Waals surface area contributed by atoms with Crippen molar-refractivity contribution in [1.29, 1.82) is 0 Å². The van der Waals surface area contributed by atoms with Gasteiger partial charge in [0.1, 0.15) is 11.5 Å². The Morgan fingerprint density at radius 3 is 1.48 bits per heavy atom. The number of hydrogen-bond acceptors (Lipinski definition) is 4. The lowest BCUT2D eigenvalue weighted by molar-refractivity contribution is -0.137. The first-order valence-electron chi connectivity index (χ1n) is 6.90. The summed E-state index contributed by atoms with van der Waals surface area (Å²) in [5.74, 6) is -2.22. The maximum Gasteiger partial charge on any atom is 0.307 e. The molecule has 0 saturated heterocycles. The van der Waals surface area contributed by atoms with Crippen molar-refractivity contribution in [2.24, 2.45) is 0 Å². The van der Waals surface area contributed by atoms with Crippen LogP contribution < -0.4 is 0 Å². The molecule has 0 saturated carbocycles. The second-order valence-electron chi connectivity index (χ2n) is 5.24. The second-order valence-corrected chi connectivity index (χ2v) is 5.24. The molecule has 0 radical (unpaired) electrons. The van der Waals surface area contributed by atoms with Gasteiger partial charge in [-0.2, -0.15) is 0 Å². The molecular weight excluding hydrogens is 300 g/mol. The van der Waals surface area contributed by atoms with Crippen molar-refractivity contribution in [3.63, 3.8) is 0 Å². The van der Waals surface area contributed by atoms with Gasteiger partial charge in [0.15, 0.2) is 0 Å². The second kappa shape index (κ2) is 6.83. The number of phenols is 2. The first-order chi connectivity index (χ1) is 10.8. The van der Waals surface area contributed by atoms with Crippen LogP contribution in [0.3, 0.4) is 0 Å². The molecule has 6 nitrogen and oxygen atoms in total. The fourth-order valence-corrected chi connectivity index (χ4v) is 2.34. The Hall–Kier alpha value is -3.02. The first kappa shape index (κ1) is 16.4. The van der Waals surface area contributed by atoms with E-state index in [4.69, 9.17) is 10.2 Å². The van der Waals surface area contributed by atoms with Gasteiger partial charge in [-0.05, 0) is 29.7 Å². The van der Waals surface area contributed by atoms with Gasteiger partial charge in [-0.15, -0.1) is 0 Å². The van der Waals surface area contributed by atoms with Crippen LogP contribution in [-0.2, 0) is 28.9 Å². The van der Waals surface area contributed by atoms with Crippen molar-refractivity contribution in [3.8, 4) is 11.5 Å². The standard InChI is InChI=1S/C17H16O6/c18-14-3-1-10(6-12(14)8-16(20)21)5-11-2-4-15(19)13(7-11)9-17(22)23/h1-4,6-7,18-19H,5,8-9H2,(H,20,21)(H,22,23). The zero-order chi connectivity index (χ0) is 17.0. The third-order valence-electron chi connectivity index (χ3n) is 3.38. The zero-order valence-corrected chi connectivity index (χ0v) is 12.2. The van der Waals surface area contributed by atoms with Crippen LogP contribution in [0.5, 0.6) is 11.5 Å². The van der Waals surface area contributed by atoms with Crippen LogP contribution in [-0.4, -0.2) is 32.4 Å². The smallest absolute Gasteiger partial charge is 0.307 e. The van der Waals surface area contributed by atoms with Gasteiger partial charge >= 0.3 is 11.9 Å². The van der Waals surface area contributed by atoms with Gasteiger partial charge in [-0.25, -0.2) is 0 Å². The molecule has 6 heteroatoms. The first-order valence-corrected chi connectivity index (χ1v) is 6.90. The summed E-state index contributed by atoms with van der Waals surface area (Å²) in [5, 5.41) is 37.0. The highest BCUT2D eigenvalue weighted by Gasteiger charge is 2.10. The Balaban J connectivity index is 2.25. The maximum absolute atomic E-state index is 10.8. The van der Waals surface area contributed by atoms with Crippen LogP contribution in [0.15, 0.2) is 36.4 Å². The molecule has 0 heterocycles. The lowest BCUT2D eigenvalue weighted by Crippen LogP contribution is -2.02. The molecule has 0 atom stereocenters. The number of aromatic hydroxyl groups is 2. The quantitative estimate of drug-likeness (QED) is 0.647. The van der Waals surface area contributed by atoms with Crippen LogP contribution in [0.4, 0.5) is 0 Å². The van der Waals surface area contributed by atoms with E-state index in [9.17, 15) is 19.8 Å². The minimum atomic E-state index is -1.04. The van der Waals surface area contributed by atoms with E-state index in [2.05, 4.69) is 0 Å². The Labute approximate surface area is 132 Å². The molecule has 2 rings (SSSR count). The predicted molar refractivity (Wildman–Crippen MR) is 81.7 cm³/mol. The van der Waals surface area contributed by atoms with Crippen LogP contribution in [0.25, 0.3) is 0 Å². The lowest BCUT2D eigenvalue weighted by Gasteiger charge is -2.09. The third kappa shape index (κ3) is 4.47. The average Bonchev–Trinajstić information content (AvgIpc) is 2.45. The van der Waals surface area contributed by atoms with Gasteiger partial charge in [0.05, 0.1) is 12.8 Å². The van der Waals surface area contributed by atoms with E-state index < -0.39 is 11.9 Å². The van der Waals surface area contributed by atoms with Crippen molar-refractivity contribution in [2.75, 3.05) is 0 Å². The van der Waals surface area contributed by atoms with Crippen molar-refractivity contribution in [1.82, 2.24) is 0 Å². The minimum Gasteiger partial charge on any atom is -0.508 e. The summed E-state index contributed by atoms with van der Waals surface area (Å²) >= 11 is 0. The van der Waals surface area contributed by atoms with Crippen LogP contribution in [0.1, 0.15) is 22.3 Å². The number of hydrogen-bond donors (Lipinski definition) is 4. The Morgan fingerprint density at radius 2 is 1.13 bits per heavy atom. The number of carboxylic acid groups (broad SMARTS) is 2. The number of carboxylic acids is 2. The topological polar surface area (TPSA) is 115 Å². The summed E-state index contributed by atoms with van der Waals surface area (Å²) < 4.78 is 0. The Bertz CT molecular complexity index is 687. The molecule has 0 spiro atoms. The zero-order valence-electron chi connectivity index (χ0n) is 12.2. The highest BCUT2D eigenvalue weighted by molar-refractivity contribution is 5.72. The molecule has 2 aromatic carbocycles. The molecule has 120 valence electrons. The van der Waals surface area contributed by atoms with Crippen molar-refractivity contribution < 1.29 is 30.0 Å². The number of rotatable bonds is 6. The molecule has 4 N–H and O–H groups in total. The Kier molecular flexibility index (Phi) is 4.85. The summed E-state index contributed by atoms with van der Waals surface area (Å²) in [6.45, 7) is 0. The molecule has 0 bridgehead atoms. The van der Waals surface area contributed by atoms with Crippen LogP contribution in [0.2, 0.25) is 0 Å². The summed E-state index contributed by atoms with van der Waals surface area (Å²) in [6, 6.07) is 9.42. The molecule has 2 aromatic rings. The highest BCUT2D eigenvalue weighted by atomic mass is 16.4. The number of carbonyl (C=O) groups is 2. The number of phenolic OH excluding ortho intramolecular Hbond substituents is 2.